The fraction of sp³-hybridized carbons (Fsp3) is 0.667. The van der Waals surface area contributed by atoms with Crippen molar-refractivity contribution in [2.24, 2.45) is 5.92 Å². The number of unbranched alkanes of at least 4 members (excludes halogenated alkanes) is 5. The molecule has 0 aromatic carbocycles. The number of carbonyl (C=O) groups excluding carboxylic acids is 1. The summed E-state index contributed by atoms with van der Waals surface area (Å²) in [4.78, 5) is 11.5. The van der Waals surface area contributed by atoms with Crippen LogP contribution in [-0.2, 0) is 9.53 Å². The molecule has 136 valence electrons. The molecule has 2 atom stereocenters. The van der Waals surface area contributed by atoms with Crippen LogP contribution in [0.4, 0.5) is 0 Å². The van der Waals surface area contributed by atoms with Gasteiger partial charge in [0.25, 0.3) is 0 Å². The largest absolute Gasteiger partial charge is 0.461 e. The van der Waals surface area contributed by atoms with Gasteiger partial charge in [0.15, 0.2) is 0 Å². The molecule has 2 nitrogen and oxygen atoms in total. The van der Waals surface area contributed by atoms with Crippen molar-refractivity contribution < 1.29 is 9.53 Å². The molecule has 1 rings (SSSR count). The number of halogens is 1. The lowest BCUT2D eigenvalue weighted by atomic mass is 10.0. The highest BCUT2D eigenvalue weighted by Gasteiger charge is 2.28. The van der Waals surface area contributed by atoms with Gasteiger partial charge in [0.05, 0.1) is 4.43 Å². The number of hydrogen-bond acceptors (Lipinski definition) is 2. The molecule has 1 aliphatic carbocycles. The highest BCUT2D eigenvalue weighted by Crippen LogP contribution is 2.30. The van der Waals surface area contributed by atoms with E-state index in [0.29, 0.717) is 10.3 Å². The lowest BCUT2D eigenvalue weighted by molar-refractivity contribution is -0.146. The fourth-order valence-electron chi connectivity index (χ4n) is 3.03. The van der Waals surface area contributed by atoms with E-state index in [1.165, 1.54) is 44.1 Å². The third kappa shape index (κ3) is 9.65. The van der Waals surface area contributed by atoms with Gasteiger partial charge in [0.2, 0.25) is 0 Å². The smallest absolute Gasteiger partial charge is 0.316 e. The molecule has 3 heteroatoms. The average molecular weight is 444 g/mol. The molecule has 1 saturated carbocycles. The first-order chi connectivity index (χ1) is 11.7. The van der Waals surface area contributed by atoms with E-state index < -0.39 is 0 Å². The van der Waals surface area contributed by atoms with Gasteiger partial charge < -0.3 is 4.74 Å². The standard InChI is InChI=1S/C21H33IO2/c1-3-4-5-6-7-8-9-10-12-18(2)15-16-19-13-11-14-20(19)24-21(23)17-22/h9-10,12,15-16,19-20H,3-8,11,13-14,17H2,1-2H3/b10-9+,16-15+,18-12+/t19-,20+/m1/s1. The Bertz CT molecular complexity index is 437. The van der Waals surface area contributed by atoms with E-state index in [4.69, 9.17) is 4.74 Å². The molecule has 0 saturated heterocycles. The Hall–Kier alpha value is -0.580. The zero-order chi connectivity index (χ0) is 17.6. The summed E-state index contributed by atoms with van der Waals surface area (Å²) < 4.78 is 5.96. The van der Waals surface area contributed by atoms with Gasteiger partial charge in [-0.2, -0.15) is 0 Å². The van der Waals surface area contributed by atoms with E-state index in [-0.39, 0.29) is 12.1 Å². The summed E-state index contributed by atoms with van der Waals surface area (Å²) in [6, 6.07) is 0. The average Bonchev–Trinajstić information content (AvgIpc) is 3.02. The van der Waals surface area contributed by atoms with E-state index in [2.05, 4.69) is 66.8 Å². The summed E-state index contributed by atoms with van der Waals surface area (Å²) in [5.74, 6) is 0.290. The first-order valence-corrected chi connectivity index (χ1v) is 11.0. The normalized spacial score (nSPS) is 21.9. The molecule has 0 heterocycles. The van der Waals surface area contributed by atoms with Crippen molar-refractivity contribution in [1.29, 1.82) is 0 Å². The van der Waals surface area contributed by atoms with Crippen LogP contribution in [0.5, 0.6) is 0 Å². The molecule has 0 aromatic rings. The van der Waals surface area contributed by atoms with Gasteiger partial charge >= 0.3 is 5.97 Å². The third-order valence-corrected chi connectivity index (χ3v) is 5.09. The first kappa shape index (κ1) is 21.5. The Balaban J connectivity index is 2.30. The number of alkyl halides is 1. The molecular weight excluding hydrogens is 411 g/mol. The zero-order valence-corrected chi connectivity index (χ0v) is 17.5. The van der Waals surface area contributed by atoms with Crippen molar-refractivity contribution in [1.82, 2.24) is 0 Å². The molecule has 0 amide bonds. The number of carbonyl (C=O) groups is 1. The third-order valence-electron chi connectivity index (χ3n) is 4.47. The Kier molecular flexibility index (Phi) is 12.2. The van der Waals surface area contributed by atoms with Crippen LogP contribution in [0, 0.1) is 5.92 Å². The van der Waals surface area contributed by atoms with Crippen LogP contribution in [0.25, 0.3) is 0 Å². The molecule has 0 N–H and O–H groups in total. The zero-order valence-electron chi connectivity index (χ0n) is 15.3. The van der Waals surface area contributed by atoms with Crippen LogP contribution >= 0.6 is 22.6 Å². The SMILES string of the molecule is CCCCCCC/C=C/C=C(C)/C=C/[C@H]1CCC[C@@H]1OC(=O)CI. The first-order valence-electron chi connectivity index (χ1n) is 9.44. The van der Waals surface area contributed by atoms with Crippen molar-refractivity contribution in [3.05, 3.63) is 36.0 Å². The van der Waals surface area contributed by atoms with Gasteiger partial charge in [0.1, 0.15) is 6.10 Å². The van der Waals surface area contributed by atoms with Gasteiger partial charge in [0, 0.05) is 5.92 Å². The number of allylic oxidation sites excluding steroid dienone is 5. The molecular formula is C21H33IO2. The summed E-state index contributed by atoms with van der Waals surface area (Å²) in [6.45, 7) is 4.38. The summed E-state index contributed by atoms with van der Waals surface area (Å²) in [5.41, 5.74) is 1.25. The lowest BCUT2D eigenvalue weighted by Gasteiger charge is -2.16. The quantitative estimate of drug-likeness (QED) is 0.119. The number of ether oxygens (including phenoxy) is 1. The van der Waals surface area contributed by atoms with Crippen molar-refractivity contribution in [2.75, 3.05) is 4.43 Å². The van der Waals surface area contributed by atoms with E-state index in [1.54, 1.807) is 0 Å². The Morgan fingerprint density at radius 2 is 2.00 bits per heavy atom. The molecule has 1 fully saturated rings. The summed E-state index contributed by atoms with van der Waals surface area (Å²) in [5, 5.41) is 0. The van der Waals surface area contributed by atoms with E-state index in [9.17, 15) is 4.79 Å². The van der Waals surface area contributed by atoms with E-state index in [1.807, 2.05) is 0 Å². The summed E-state index contributed by atoms with van der Waals surface area (Å²) in [7, 11) is 0. The minimum absolute atomic E-state index is 0.0787. The second-order valence-electron chi connectivity index (χ2n) is 6.66. The van der Waals surface area contributed by atoms with Gasteiger partial charge in [-0.1, -0.05) is 91.2 Å². The molecule has 24 heavy (non-hydrogen) atoms. The molecule has 0 radical (unpaired) electrons. The Morgan fingerprint density at radius 3 is 2.75 bits per heavy atom. The van der Waals surface area contributed by atoms with Gasteiger partial charge in [-0.25, -0.2) is 0 Å². The van der Waals surface area contributed by atoms with Crippen LogP contribution in [0.2, 0.25) is 0 Å². The van der Waals surface area contributed by atoms with Crippen molar-refractivity contribution >= 4 is 28.6 Å². The molecule has 0 unspecified atom stereocenters. The maximum atomic E-state index is 11.5. The van der Waals surface area contributed by atoms with Gasteiger partial charge in [-0.15, -0.1) is 0 Å². The monoisotopic (exact) mass is 444 g/mol. The van der Waals surface area contributed by atoms with Crippen molar-refractivity contribution in [3.63, 3.8) is 0 Å². The van der Waals surface area contributed by atoms with E-state index in [0.717, 1.165) is 19.3 Å². The number of esters is 1. The second kappa shape index (κ2) is 13.7. The number of hydrogen-bond donors (Lipinski definition) is 0. The maximum Gasteiger partial charge on any atom is 0.316 e. The van der Waals surface area contributed by atoms with Crippen LogP contribution in [-0.4, -0.2) is 16.5 Å². The highest BCUT2D eigenvalue weighted by atomic mass is 127. The molecule has 0 bridgehead atoms. The lowest BCUT2D eigenvalue weighted by Crippen LogP contribution is -2.21. The van der Waals surface area contributed by atoms with Gasteiger partial charge in [-0.05, 0) is 39.0 Å². The molecule has 1 aliphatic rings. The summed E-state index contributed by atoms with van der Waals surface area (Å²) in [6.07, 6.45) is 22.2. The predicted octanol–water partition coefficient (Wildman–Crippen LogP) is 6.55. The van der Waals surface area contributed by atoms with E-state index >= 15 is 0 Å². The predicted molar refractivity (Wildman–Crippen MR) is 112 cm³/mol. The highest BCUT2D eigenvalue weighted by molar-refractivity contribution is 14.1. The van der Waals surface area contributed by atoms with Crippen LogP contribution < -0.4 is 0 Å². The van der Waals surface area contributed by atoms with Crippen molar-refractivity contribution in [2.45, 2.75) is 77.7 Å². The van der Waals surface area contributed by atoms with Gasteiger partial charge in [-0.3, -0.25) is 4.79 Å². The van der Waals surface area contributed by atoms with Crippen LogP contribution in [0.3, 0.4) is 0 Å². The van der Waals surface area contributed by atoms with Crippen LogP contribution in [0.1, 0.15) is 71.6 Å². The summed E-state index contributed by atoms with van der Waals surface area (Å²) >= 11 is 2.06. The van der Waals surface area contributed by atoms with Crippen LogP contribution in [0.15, 0.2) is 36.0 Å². The number of rotatable bonds is 11. The minimum atomic E-state index is -0.0879. The minimum Gasteiger partial charge on any atom is -0.461 e. The molecule has 0 aliphatic heterocycles. The Labute approximate surface area is 162 Å². The fourth-order valence-corrected chi connectivity index (χ4v) is 3.21. The van der Waals surface area contributed by atoms with Crippen molar-refractivity contribution in [3.8, 4) is 0 Å². The topological polar surface area (TPSA) is 26.3 Å². The second-order valence-corrected chi connectivity index (χ2v) is 7.42. The maximum absolute atomic E-state index is 11.5. The molecule has 0 aromatic heterocycles. The Morgan fingerprint density at radius 1 is 1.21 bits per heavy atom. The molecule has 0 spiro atoms.